The van der Waals surface area contributed by atoms with E-state index in [0.717, 1.165) is 37.6 Å². The van der Waals surface area contributed by atoms with Gasteiger partial charge in [-0.05, 0) is 43.7 Å². The fraction of sp³-hybridized carbons (Fsp3) is 0.450. The second-order valence-electron chi connectivity index (χ2n) is 7.22. The minimum Gasteiger partial charge on any atom is -0.335 e. The van der Waals surface area contributed by atoms with E-state index in [9.17, 15) is 4.79 Å². The highest BCUT2D eigenvalue weighted by Gasteiger charge is 2.22. The van der Waals surface area contributed by atoms with Crippen LogP contribution in [0.2, 0.25) is 0 Å². The first-order valence-electron chi connectivity index (χ1n) is 9.13. The van der Waals surface area contributed by atoms with Crippen LogP contribution in [0.4, 0.5) is 11.6 Å². The molecule has 0 unspecified atom stereocenters. The number of hydrogen-bond acceptors (Lipinski definition) is 5. The van der Waals surface area contributed by atoms with Gasteiger partial charge >= 0.3 is 0 Å². The lowest BCUT2D eigenvalue weighted by atomic mass is 10.0. The van der Waals surface area contributed by atoms with E-state index in [2.05, 4.69) is 53.2 Å². The molecular weight excluding hydrogens is 326 g/mol. The Morgan fingerprint density at radius 3 is 2.35 bits per heavy atom. The summed E-state index contributed by atoms with van der Waals surface area (Å²) in [6, 6.07) is 9.98. The van der Waals surface area contributed by atoms with Gasteiger partial charge in [-0.1, -0.05) is 26.0 Å². The summed E-state index contributed by atoms with van der Waals surface area (Å²) in [5, 5.41) is 3.21. The number of nitrogens with one attached hydrogen (secondary N) is 1. The maximum absolute atomic E-state index is 12.8. The SMILES string of the molecule is Cc1cc(C(=O)N2CCN(C)CC2)nc(Nc2ccc(C(C)C)cc2)n1. The molecule has 1 aromatic carbocycles. The quantitative estimate of drug-likeness (QED) is 0.915. The molecule has 1 saturated heterocycles. The maximum atomic E-state index is 12.8. The first kappa shape index (κ1) is 18.3. The predicted octanol–water partition coefficient (Wildman–Crippen LogP) is 3.04. The Kier molecular flexibility index (Phi) is 5.52. The number of amides is 1. The van der Waals surface area contributed by atoms with Crippen LogP contribution in [0.3, 0.4) is 0 Å². The van der Waals surface area contributed by atoms with E-state index in [1.165, 1.54) is 5.56 Å². The molecule has 0 bridgehead atoms. The number of carbonyl (C=O) groups is 1. The van der Waals surface area contributed by atoms with Gasteiger partial charge in [-0.2, -0.15) is 0 Å². The Balaban J connectivity index is 1.75. The van der Waals surface area contributed by atoms with Crippen LogP contribution in [0.15, 0.2) is 30.3 Å². The van der Waals surface area contributed by atoms with Crippen LogP contribution in [0, 0.1) is 6.92 Å². The number of benzene rings is 1. The lowest BCUT2D eigenvalue weighted by Crippen LogP contribution is -2.47. The smallest absolute Gasteiger partial charge is 0.272 e. The van der Waals surface area contributed by atoms with E-state index in [0.29, 0.717) is 17.6 Å². The Bertz CT molecular complexity index is 764. The summed E-state index contributed by atoms with van der Waals surface area (Å²) in [5.74, 6) is 0.925. The third kappa shape index (κ3) is 4.38. The van der Waals surface area contributed by atoms with Gasteiger partial charge in [0, 0.05) is 37.6 Å². The van der Waals surface area contributed by atoms with Crippen molar-refractivity contribution >= 4 is 17.5 Å². The molecule has 1 amide bonds. The number of aryl methyl sites for hydroxylation is 1. The van der Waals surface area contributed by atoms with Crippen molar-refractivity contribution in [3.63, 3.8) is 0 Å². The minimum atomic E-state index is -0.0261. The number of carbonyl (C=O) groups excluding carboxylic acids is 1. The number of piperazine rings is 1. The second kappa shape index (κ2) is 7.83. The first-order chi connectivity index (χ1) is 12.4. The van der Waals surface area contributed by atoms with E-state index >= 15 is 0 Å². The van der Waals surface area contributed by atoms with Gasteiger partial charge < -0.3 is 15.1 Å². The Morgan fingerprint density at radius 1 is 1.08 bits per heavy atom. The lowest BCUT2D eigenvalue weighted by Gasteiger charge is -2.32. The van der Waals surface area contributed by atoms with Gasteiger partial charge in [0.25, 0.3) is 5.91 Å². The third-order valence-corrected chi connectivity index (χ3v) is 4.70. The van der Waals surface area contributed by atoms with E-state index in [-0.39, 0.29) is 5.91 Å². The number of anilines is 2. The Labute approximate surface area is 155 Å². The van der Waals surface area contributed by atoms with Crippen molar-refractivity contribution in [1.82, 2.24) is 19.8 Å². The molecule has 0 radical (unpaired) electrons. The highest BCUT2D eigenvalue weighted by Crippen LogP contribution is 2.19. The van der Waals surface area contributed by atoms with Crippen LogP contribution in [0.25, 0.3) is 0 Å². The summed E-state index contributed by atoms with van der Waals surface area (Å²) in [7, 11) is 2.07. The van der Waals surface area contributed by atoms with Gasteiger partial charge in [0.1, 0.15) is 5.69 Å². The standard InChI is InChI=1S/C20H27N5O/c1-14(2)16-5-7-17(8-6-16)22-20-21-15(3)13-18(23-20)19(26)25-11-9-24(4)10-12-25/h5-8,13-14H,9-12H2,1-4H3,(H,21,22,23). The average Bonchev–Trinajstić information content (AvgIpc) is 2.61. The molecule has 0 spiro atoms. The third-order valence-electron chi connectivity index (χ3n) is 4.70. The fourth-order valence-electron chi connectivity index (χ4n) is 2.99. The molecule has 3 rings (SSSR count). The van der Waals surface area contributed by atoms with E-state index in [1.54, 1.807) is 6.07 Å². The zero-order chi connectivity index (χ0) is 18.7. The van der Waals surface area contributed by atoms with E-state index < -0.39 is 0 Å². The zero-order valence-electron chi connectivity index (χ0n) is 16.0. The maximum Gasteiger partial charge on any atom is 0.272 e. The molecule has 0 aliphatic carbocycles. The largest absolute Gasteiger partial charge is 0.335 e. The van der Waals surface area contributed by atoms with Crippen LogP contribution in [0.5, 0.6) is 0 Å². The molecule has 1 aliphatic rings. The molecule has 0 atom stereocenters. The fourth-order valence-corrected chi connectivity index (χ4v) is 2.99. The number of likely N-dealkylation sites (N-methyl/N-ethyl adjacent to an activating group) is 1. The normalized spacial score (nSPS) is 15.3. The Morgan fingerprint density at radius 2 is 1.73 bits per heavy atom. The van der Waals surface area contributed by atoms with Crippen molar-refractivity contribution in [3.8, 4) is 0 Å². The molecule has 6 heteroatoms. The van der Waals surface area contributed by atoms with Crippen molar-refractivity contribution in [3.05, 3.63) is 47.3 Å². The topological polar surface area (TPSA) is 61.4 Å². The van der Waals surface area contributed by atoms with Gasteiger partial charge in [-0.25, -0.2) is 9.97 Å². The summed E-state index contributed by atoms with van der Waals surface area (Å²) in [5.41, 5.74) is 3.42. The molecule has 0 saturated carbocycles. The van der Waals surface area contributed by atoms with Crippen LogP contribution in [-0.2, 0) is 0 Å². The Hall–Kier alpha value is -2.47. The second-order valence-corrected chi connectivity index (χ2v) is 7.22. The summed E-state index contributed by atoms with van der Waals surface area (Å²) >= 11 is 0. The van der Waals surface area contributed by atoms with Gasteiger partial charge in [-0.3, -0.25) is 4.79 Å². The van der Waals surface area contributed by atoms with Crippen molar-refractivity contribution in [2.24, 2.45) is 0 Å². The molecule has 1 aromatic heterocycles. The molecule has 138 valence electrons. The summed E-state index contributed by atoms with van der Waals surface area (Å²) < 4.78 is 0. The molecule has 1 fully saturated rings. The molecule has 2 heterocycles. The van der Waals surface area contributed by atoms with Crippen molar-refractivity contribution in [2.75, 3.05) is 38.5 Å². The highest BCUT2D eigenvalue weighted by atomic mass is 16.2. The number of rotatable bonds is 4. The van der Waals surface area contributed by atoms with Crippen LogP contribution < -0.4 is 5.32 Å². The van der Waals surface area contributed by atoms with Crippen molar-refractivity contribution < 1.29 is 4.79 Å². The molecular formula is C20H27N5O. The average molecular weight is 353 g/mol. The predicted molar refractivity (Wildman–Crippen MR) is 104 cm³/mol. The highest BCUT2D eigenvalue weighted by molar-refractivity contribution is 5.92. The van der Waals surface area contributed by atoms with Crippen LogP contribution in [0.1, 0.15) is 41.5 Å². The molecule has 2 aromatic rings. The first-order valence-corrected chi connectivity index (χ1v) is 9.13. The van der Waals surface area contributed by atoms with Crippen LogP contribution in [-0.4, -0.2) is 58.9 Å². The van der Waals surface area contributed by atoms with E-state index in [4.69, 9.17) is 0 Å². The van der Waals surface area contributed by atoms with Crippen molar-refractivity contribution in [1.29, 1.82) is 0 Å². The van der Waals surface area contributed by atoms with Gasteiger partial charge in [0.15, 0.2) is 0 Å². The zero-order valence-corrected chi connectivity index (χ0v) is 16.0. The van der Waals surface area contributed by atoms with Gasteiger partial charge in [0.2, 0.25) is 5.95 Å². The van der Waals surface area contributed by atoms with Gasteiger partial charge in [-0.15, -0.1) is 0 Å². The van der Waals surface area contributed by atoms with E-state index in [1.807, 2.05) is 24.0 Å². The summed E-state index contributed by atoms with van der Waals surface area (Å²) in [6.07, 6.45) is 0. The van der Waals surface area contributed by atoms with Gasteiger partial charge in [0.05, 0.1) is 0 Å². The molecule has 26 heavy (non-hydrogen) atoms. The van der Waals surface area contributed by atoms with Crippen LogP contribution >= 0.6 is 0 Å². The lowest BCUT2D eigenvalue weighted by molar-refractivity contribution is 0.0658. The molecule has 6 nitrogen and oxygen atoms in total. The summed E-state index contributed by atoms with van der Waals surface area (Å²) in [6.45, 7) is 9.47. The number of aromatic nitrogens is 2. The molecule has 1 N–H and O–H groups in total. The number of hydrogen-bond donors (Lipinski definition) is 1. The van der Waals surface area contributed by atoms with Crippen molar-refractivity contribution in [2.45, 2.75) is 26.7 Å². The minimum absolute atomic E-state index is 0.0261. The number of nitrogens with zero attached hydrogens (tertiary/aromatic N) is 4. The molecule has 1 aliphatic heterocycles. The monoisotopic (exact) mass is 353 g/mol. The summed E-state index contributed by atoms with van der Waals surface area (Å²) in [4.78, 5) is 25.7.